The molecule has 1 aliphatic heterocycles. The highest BCUT2D eigenvalue weighted by Crippen LogP contribution is 2.32. The zero-order chi connectivity index (χ0) is 38.8. The average molecular weight is 698 g/mol. The summed E-state index contributed by atoms with van der Waals surface area (Å²) < 4.78 is 11.6. The van der Waals surface area contributed by atoms with Gasteiger partial charge in [0.2, 0.25) is 0 Å². The highest BCUT2D eigenvalue weighted by Gasteiger charge is 2.18. The molecule has 282 valence electrons. The summed E-state index contributed by atoms with van der Waals surface area (Å²) >= 11 is 0. The molecular formula is C47H71NO3. The molecule has 2 aromatic rings. The molecule has 0 saturated carbocycles. The number of nitriles is 1. The number of Topliss-reactive ketones (excluding diaryl/α,β-unsaturated/α-hetero) is 1. The first-order valence-corrected chi connectivity index (χ1v) is 19.5. The number of benzene rings is 2. The second-order valence-electron chi connectivity index (χ2n) is 13.4. The van der Waals surface area contributed by atoms with Crippen LogP contribution in [0.4, 0.5) is 0 Å². The van der Waals surface area contributed by atoms with Gasteiger partial charge in [-0.1, -0.05) is 137 Å². The molecule has 4 heteroatoms. The Morgan fingerprint density at radius 1 is 0.902 bits per heavy atom. The van der Waals surface area contributed by atoms with Crippen molar-refractivity contribution in [1.82, 2.24) is 0 Å². The first-order valence-electron chi connectivity index (χ1n) is 19.5. The van der Waals surface area contributed by atoms with Gasteiger partial charge in [-0.2, -0.15) is 5.26 Å². The van der Waals surface area contributed by atoms with E-state index in [0.29, 0.717) is 24.5 Å². The van der Waals surface area contributed by atoms with Gasteiger partial charge in [0.25, 0.3) is 0 Å². The van der Waals surface area contributed by atoms with Gasteiger partial charge in [0.15, 0.2) is 5.78 Å². The first kappa shape index (κ1) is 47.3. The van der Waals surface area contributed by atoms with Crippen LogP contribution in [-0.4, -0.2) is 25.1 Å². The minimum atomic E-state index is 0.0735. The van der Waals surface area contributed by atoms with Crippen LogP contribution in [0.3, 0.4) is 0 Å². The molecule has 3 rings (SSSR count). The lowest BCUT2D eigenvalue weighted by atomic mass is 9.91. The summed E-state index contributed by atoms with van der Waals surface area (Å²) in [5.41, 5.74) is 8.87. The normalized spacial score (nSPS) is 13.6. The standard InChI is InChI=1S/C33H37NO3.C6H14.2C4H10/c1-7-9-32(28-11-13-33(29(20-28)21-34)37-30-14-16-36-17-15-30)24(5)22(3)18-23(4)31-12-10-27(25(6)35)19-26(31)8-2;1-4-6(3)5-2;2*1-3-4-2/h7,9-13,18-20,30H,1,8,14-17H2,2-6H3;6H,4-5H2,1-3H3;2*3-4H2,1-2H3/b23-18+,24-22+,32-9+;;;. The Labute approximate surface area is 313 Å². The number of hydrogen-bond donors (Lipinski definition) is 0. The number of allylic oxidation sites excluding steroid dienone is 7. The summed E-state index contributed by atoms with van der Waals surface area (Å²) in [6.07, 6.45) is 16.5. The van der Waals surface area contributed by atoms with Crippen molar-refractivity contribution < 1.29 is 14.3 Å². The van der Waals surface area contributed by atoms with Crippen LogP contribution in [0.25, 0.3) is 11.1 Å². The highest BCUT2D eigenvalue weighted by atomic mass is 16.5. The van der Waals surface area contributed by atoms with Crippen LogP contribution in [0.5, 0.6) is 5.75 Å². The van der Waals surface area contributed by atoms with Crippen LogP contribution in [0, 0.1) is 17.2 Å². The largest absolute Gasteiger partial charge is 0.489 e. The number of rotatable bonds is 13. The maximum Gasteiger partial charge on any atom is 0.159 e. The zero-order valence-corrected chi connectivity index (χ0v) is 34.5. The van der Waals surface area contributed by atoms with Crippen LogP contribution in [0.15, 0.2) is 72.4 Å². The molecule has 1 heterocycles. The molecule has 1 fully saturated rings. The van der Waals surface area contributed by atoms with E-state index in [2.05, 4.69) is 94.9 Å². The van der Waals surface area contributed by atoms with E-state index in [4.69, 9.17) is 9.47 Å². The van der Waals surface area contributed by atoms with Gasteiger partial charge < -0.3 is 9.47 Å². The Morgan fingerprint density at radius 2 is 1.47 bits per heavy atom. The van der Waals surface area contributed by atoms with E-state index in [1.54, 1.807) is 13.0 Å². The number of aryl methyl sites for hydroxylation is 1. The van der Waals surface area contributed by atoms with Gasteiger partial charge in [0.05, 0.1) is 18.8 Å². The molecule has 1 saturated heterocycles. The molecule has 0 bridgehead atoms. The SMILES string of the molecule is C=C\C=C(/C(C)=C(C)/C=C(\C)c1ccc(C(C)=O)cc1CC)c1ccc(OC2CCOCC2)c(C#N)c1.CCC(C)CC.CCCC.CCCC. The lowest BCUT2D eigenvalue weighted by Gasteiger charge is -2.24. The third-order valence-corrected chi connectivity index (χ3v) is 9.30. The van der Waals surface area contributed by atoms with Crippen molar-refractivity contribution in [2.45, 2.75) is 147 Å². The third kappa shape index (κ3) is 17.9. The van der Waals surface area contributed by atoms with Gasteiger partial charge in [0.1, 0.15) is 17.9 Å². The molecule has 1 aliphatic rings. The van der Waals surface area contributed by atoms with Crippen molar-refractivity contribution in [2.24, 2.45) is 5.92 Å². The number of unbranched alkanes of at least 4 members (excludes halogenated alkanes) is 2. The number of nitrogens with zero attached hydrogens (tertiary/aromatic N) is 1. The Bertz CT molecular complexity index is 1430. The second kappa shape index (κ2) is 28.0. The summed E-state index contributed by atoms with van der Waals surface area (Å²) in [6.45, 7) is 30.7. The molecule has 2 aromatic carbocycles. The van der Waals surface area contributed by atoms with Crippen molar-refractivity contribution in [3.8, 4) is 11.8 Å². The molecule has 0 aromatic heterocycles. The summed E-state index contributed by atoms with van der Waals surface area (Å²) in [7, 11) is 0. The van der Waals surface area contributed by atoms with Gasteiger partial charge in [-0.15, -0.1) is 0 Å². The lowest BCUT2D eigenvalue weighted by Crippen LogP contribution is -2.26. The third-order valence-electron chi connectivity index (χ3n) is 9.30. The minimum absolute atomic E-state index is 0.0735. The van der Waals surface area contributed by atoms with E-state index in [1.165, 1.54) is 38.5 Å². The van der Waals surface area contributed by atoms with E-state index >= 15 is 0 Å². The van der Waals surface area contributed by atoms with Gasteiger partial charge in [-0.25, -0.2) is 0 Å². The van der Waals surface area contributed by atoms with Crippen LogP contribution in [-0.2, 0) is 11.2 Å². The molecule has 0 amide bonds. The van der Waals surface area contributed by atoms with Crippen LogP contribution in [0.1, 0.15) is 167 Å². The summed E-state index contributed by atoms with van der Waals surface area (Å²) in [5.74, 6) is 1.63. The first-order chi connectivity index (χ1) is 24.4. The molecular weight excluding hydrogens is 627 g/mol. The van der Waals surface area contributed by atoms with E-state index < -0.39 is 0 Å². The molecule has 0 radical (unpaired) electrons. The number of carbonyl (C=O) groups is 1. The smallest absolute Gasteiger partial charge is 0.159 e. The molecule has 0 N–H and O–H groups in total. The van der Waals surface area contributed by atoms with Crippen LogP contribution >= 0.6 is 0 Å². The highest BCUT2D eigenvalue weighted by molar-refractivity contribution is 5.94. The maximum absolute atomic E-state index is 11.8. The summed E-state index contributed by atoms with van der Waals surface area (Å²) in [6, 6.07) is 14.0. The summed E-state index contributed by atoms with van der Waals surface area (Å²) in [4.78, 5) is 11.8. The fraction of sp³-hybridized carbons (Fsp3) is 0.532. The topological polar surface area (TPSA) is 59.3 Å². The van der Waals surface area contributed by atoms with Crippen LogP contribution < -0.4 is 4.74 Å². The molecule has 51 heavy (non-hydrogen) atoms. The van der Waals surface area contributed by atoms with Gasteiger partial charge >= 0.3 is 0 Å². The van der Waals surface area contributed by atoms with Gasteiger partial charge in [-0.3, -0.25) is 4.79 Å². The van der Waals surface area contributed by atoms with E-state index in [1.807, 2.05) is 42.5 Å². The fourth-order valence-electron chi connectivity index (χ4n) is 4.92. The van der Waals surface area contributed by atoms with Crippen molar-refractivity contribution in [1.29, 1.82) is 5.26 Å². The quantitative estimate of drug-likeness (QED) is 0.154. The fourth-order valence-corrected chi connectivity index (χ4v) is 4.92. The number of ether oxygens (including phenoxy) is 2. The molecule has 0 aliphatic carbocycles. The number of hydrogen-bond acceptors (Lipinski definition) is 4. The van der Waals surface area contributed by atoms with Crippen molar-refractivity contribution in [3.05, 3.63) is 100 Å². The van der Waals surface area contributed by atoms with Crippen molar-refractivity contribution in [2.75, 3.05) is 13.2 Å². The van der Waals surface area contributed by atoms with Gasteiger partial charge in [0, 0.05) is 18.4 Å². The Hall–Kier alpha value is -3.68. The minimum Gasteiger partial charge on any atom is -0.489 e. The van der Waals surface area contributed by atoms with E-state index in [9.17, 15) is 10.1 Å². The monoisotopic (exact) mass is 698 g/mol. The molecule has 4 nitrogen and oxygen atoms in total. The Kier molecular flexibility index (Phi) is 26.0. The van der Waals surface area contributed by atoms with E-state index in [-0.39, 0.29) is 11.9 Å². The molecule has 0 spiro atoms. The van der Waals surface area contributed by atoms with Crippen molar-refractivity contribution in [3.63, 3.8) is 0 Å². The predicted molar refractivity (Wildman–Crippen MR) is 223 cm³/mol. The maximum atomic E-state index is 11.8. The summed E-state index contributed by atoms with van der Waals surface area (Å²) in [5, 5.41) is 9.84. The Morgan fingerprint density at radius 3 is 1.92 bits per heavy atom. The molecule has 0 atom stereocenters. The van der Waals surface area contributed by atoms with Crippen molar-refractivity contribution >= 4 is 16.9 Å². The van der Waals surface area contributed by atoms with Gasteiger partial charge in [-0.05, 0) is 97.2 Å². The van der Waals surface area contributed by atoms with E-state index in [0.717, 1.165) is 69.7 Å². The predicted octanol–water partition coefficient (Wildman–Crippen LogP) is 13.9. The number of carbonyl (C=O) groups excluding carboxylic acids is 1. The Balaban J connectivity index is 0.00000151. The zero-order valence-electron chi connectivity index (χ0n) is 34.5. The lowest BCUT2D eigenvalue weighted by molar-refractivity contribution is 0.0254. The average Bonchev–Trinajstić information content (AvgIpc) is 3.16. The number of ketones is 1. The van der Waals surface area contributed by atoms with Crippen LogP contribution in [0.2, 0.25) is 0 Å². The molecule has 0 unspecified atom stereocenters. The second-order valence-corrected chi connectivity index (χ2v) is 13.4.